The number of aromatic nitrogens is 2. The molecule has 1 aromatic carbocycles. The summed E-state index contributed by atoms with van der Waals surface area (Å²) in [6.45, 7) is 3.86. The standard InChI is InChI=1S/C17H19N3O3S/c1-4-13(17(22)23-3)24-15-10-9-14(19-20-15)18-16(21)12-7-5-11(2)6-8-12/h5-10,13H,4H2,1-3H3,(H,18,19,21). The van der Waals surface area contributed by atoms with Crippen LogP contribution in [0.15, 0.2) is 41.4 Å². The van der Waals surface area contributed by atoms with Gasteiger partial charge in [-0.2, -0.15) is 0 Å². The molecule has 24 heavy (non-hydrogen) atoms. The van der Waals surface area contributed by atoms with Crippen LogP contribution >= 0.6 is 11.8 Å². The number of carbonyl (C=O) groups excluding carboxylic acids is 2. The molecule has 1 unspecified atom stereocenters. The van der Waals surface area contributed by atoms with Crippen molar-refractivity contribution in [3.63, 3.8) is 0 Å². The van der Waals surface area contributed by atoms with Gasteiger partial charge in [-0.25, -0.2) is 0 Å². The number of thioether (sulfide) groups is 1. The van der Waals surface area contributed by atoms with Gasteiger partial charge in [0.05, 0.1) is 7.11 Å². The van der Waals surface area contributed by atoms with Crippen LogP contribution in [-0.2, 0) is 9.53 Å². The Kier molecular flexibility index (Phi) is 6.31. The molecule has 0 aliphatic heterocycles. The molecular formula is C17H19N3O3S. The molecule has 1 heterocycles. The first-order valence-electron chi connectivity index (χ1n) is 7.49. The van der Waals surface area contributed by atoms with E-state index in [1.54, 1.807) is 24.3 Å². The van der Waals surface area contributed by atoms with Gasteiger partial charge in [-0.1, -0.05) is 36.4 Å². The Morgan fingerprint density at radius 3 is 2.42 bits per heavy atom. The van der Waals surface area contributed by atoms with Crippen LogP contribution in [0, 0.1) is 6.92 Å². The second-order valence-electron chi connectivity index (χ2n) is 5.11. The maximum Gasteiger partial charge on any atom is 0.319 e. The first-order chi connectivity index (χ1) is 11.5. The smallest absolute Gasteiger partial charge is 0.319 e. The van der Waals surface area contributed by atoms with Gasteiger partial charge < -0.3 is 10.1 Å². The lowest BCUT2D eigenvalue weighted by Gasteiger charge is -2.11. The van der Waals surface area contributed by atoms with Gasteiger partial charge in [0.1, 0.15) is 10.3 Å². The molecule has 7 heteroatoms. The number of methoxy groups -OCH3 is 1. The topological polar surface area (TPSA) is 81.2 Å². The zero-order valence-corrected chi connectivity index (χ0v) is 14.6. The molecule has 0 radical (unpaired) electrons. The van der Waals surface area contributed by atoms with E-state index in [9.17, 15) is 9.59 Å². The second-order valence-corrected chi connectivity index (χ2v) is 6.34. The predicted molar refractivity (Wildman–Crippen MR) is 93.1 cm³/mol. The number of benzene rings is 1. The van der Waals surface area contributed by atoms with Crippen molar-refractivity contribution in [1.29, 1.82) is 0 Å². The molecule has 1 aromatic heterocycles. The van der Waals surface area contributed by atoms with Crippen LogP contribution in [0.2, 0.25) is 0 Å². The molecule has 0 aliphatic rings. The van der Waals surface area contributed by atoms with E-state index in [2.05, 4.69) is 15.5 Å². The number of hydrogen-bond acceptors (Lipinski definition) is 6. The van der Waals surface area contributed by atoms with Crippen LogP contribution in [0.1, 0.15) is 29.3 Å². The minimum atomic E-state index is -0.322. The van der Waals surface area contributed by atoms with Crippen molar-refractivity contribution >= 4 is 29.5 Å². The Labute approximate surface area is 145 Å². The van der Waals surface area contributed by atoms with Crippen LogP contribution in [0.25, 0.3) is 0 Å². The van der Waals surface area contributed by atoms with E-state index in [4.69, 9.17) is 4.74 Å². The Hall–Kier alpha value is -2.41. The van der Waals surface area contributed by atoms with Crippen LogP contribution in [-0.4, -0.2) is 34.4 Å². The number of ether oxygens (including phenoxy) is 1. The van der Waals surface area contributed by atoms with Crippen LogP contribution in [0.5, 0.6) is 0 Å². The Morgan fingerprint density at radius 2 is 1.88 bits per heavy atom. The van der Waals surface area contributed by atoms with Gasteiger partial charge in [0.2, 0.25) is 0 Å². The maximum absolute atomic E-state index is 12.1. The minimum absolute atomic E-state index is 0.245. The van der Waals surface area contributed by atoms with Crippen molar-refractivity contribution in [2.24, 2.45) is 0 Å². The fraction of sp³-hybridized carbons (Fsp3) is 0.294. The zero-order chi connectivity index (χ0) is 17.5. The minimum Gasteiger partial charge on any atom is -0.468 e. The predicted octanol–water partition coefficient (Wildman–Crippen LogP) is 3.08. The van der Waals surface area contributed by atoms with Gasteiger partial charge in [-0.15, -0.1) is 10.2 Å². The Morgan fingerprint density at radius 1 is 1.17 bits per heavy atom. The first kappa shape index (κ1) is 17.9. The lowest BCUT2D eigenvalue weighted by Crippen LogP contribution is -2.18. The summed E-state index contributed by atoms with van der Waals surface area (Å²) in [7, 11) is 1.36. The molecule has 0 bridgehead atoms. The molecule has 0 saturated carbocycles. The monoisotopic (exact) mass is 345 g/mol. The largest absolute Gasteiger partial charge is 0.468 e. The summed E-state index contributed by atoms with van der Waals surface area (Å²) in [5, 5.41) is 11.0. The van der Waals surface area contributed by atoms with E-state index in [1.165, 1.54) is 18.9 Å². The molecule has 6 nitrogen and oxygen atoms in total. The van der Waals surface area contributed by atoms with E-state index < -0.39 is 0 Å². The summed E-state index contributed by atoms with van der Waals surface area (Å²) in [5.74, 6) is -0.178. The van der Waals surface area contributed by atoms with Crippen molar-refractivity contribution in [1.82, 2.24) is 10.2 Å². The van der Waals surface area contributed by atoms with Crippen LogP contribution in [0.4, 0.5) is 5.82 Å². The maximum atomic E-state index is 12.1. The number of amides is 1. The second kappa shape index (κ2) is 8.44. The van der Waals surface area contributed by atoms with Crippen molar-refractivity contribution in [2.45, 2.75) is 30.5 Å². The highest BCUT2D eigenvalue weighted by molar-refractivity contribution is 8.00. The lowest BCUT2D eigenvalue weighted by molar-refractivity contribution is -0.140. The van der Waals surface area contributed by atoms with E-state index in [0.29, 0.717) is 22.8 Å². The fourth-order valence-electron chi connectivity index (χ4n) is 1.92. The quantitative estimate of drug-likeness (QED) is 0.640. The number of nitrogens with zero attached hydrogens (tertiary/aromatic N) is 2. The van der Waals surface area contributed by atoms with Crippen molar-refractivity contribution in [2.75, 3.05) is 12.4 Å². The Balaban J connectivity index is 2.00. The molecule has 0 fully saturated rings. The number of nitrogens with one attached hydrogen (secondary N) is 1. The van der Waals surface area contributed by atoms with Crippen molar-refractivity contribution in [3.8, 4) is 0 Å². The summed E-state index contributed by atoms with van der Waals surface area (Å²) in [4.78, 5) is 23.7. The summed E-state index contributed by atoms with van der Waals surface area (Å²) in [6.07, 6.45) is 0.630. The molecule has 2 rings (SSSR count). The van der Waals surface area contributed by atoms with Crippen LogP contribution in [0.3, 0.4) is 0 Å². The molecule has 1 atom stereocenters. The normalized spacial score (nSPS) is 11.6. The first-order valence-corrected chi connectivity index (χ1v) is 8.37. The summed E-state index contributed by atoms with van der Waals surface area (Å²) >= 11 is 1.29. The number of hydrogen-bond donors (Lipinski definition) is 1. The van der Waals surface area contributed by atoms with Gasteiger partial charge >= 0.3 is 5.97 Å². The molecule has 0 spiro atoms. The molecule has 0 aliphatic carbocycles. The van der Waals surface area contributed by atoms with Crippen molar-refractivity contribution < 1.29 is 14.3 Å². The molecule has 126 valence electrons. The third-order valence-corrected chi connectivity index (χ3v) is 4.56. The van der Waals surface area contributed by atoms with Gasteiger partial charge in [0.25, 0.3) is 5.91 Å². The molecular weight excluding hydrogens is 326 g/mol. The zero-order valence-electron chi connectivity index (χ0n) is 13.8. The number of carbonyl (C=O) groups is 2. The highest BCUT2D eigenvalue weighted by Gasteiger charge is 2.19. The average molecular weight is 345 g/mol. The third kappa shape index (κ3) is 4.79. The summed E-state index contributed by atoms with van der Waals surface area (Å²) < 4.78 is 4.74. The van der Waals surface area contributed by atoms with Gasteiger partial charge in [0, 0.05) is 5.56 Å². The SMILES string of the molecule is CCC(Sc1ccc(NC(=O)c2ccc(C)cc2)nn1)C(=O)OC. The van der Waals surface area contributed by atoms with Gasteiger partial charge in [-0.3, -0.25) is 9.59 Å². The molecule has 1 amide bonds. The van der Waals surface area contributed by atoms with E-state index >= 15 is 0 Å². The van der Waals surface area contributed by atoms with Crippen LogP contribution < -0.4 is 5.32 Å². The Bertz CT molecular complexity index is 702. The highest BCUT2D eigenvalue weighted by atomic mass is 32.2. The van der Waals surface area contributed by atoms with Gasteiger partial charge in [-0.05, 0) is 37.6 Å². The summed E-state index contributed by atoms with van der Waals surface area (Å²) in [5.41, 5.74) is 1.64. The lowest BCUT2D eigenvalue weighted by atomic mass is 10.1. The number of anilines is 1. The van der Waals surface area contributed by atoms with E-state index in [-0.39, 0.29) is 17.1 Å². The molecule has 0 saturated heterocycles. The van der Waals surface area contributed by atoms with Gasteiger partial charge in [0.15, 0.2) is 5.82 Å². The number of esters is 1. The number of aryl methyl sites for hydroxylation is 1. The third-order valence-electron chi connectivity index (χ3n) is 3.29. The molecule has 2 aromatic rings. The average Bonchev–Trinajstić information content (AvgIpc) is 2.61. The van der Waals surface area contributed by atoms with E-state index in [0.717, 1.165) is 5.56 Å². The van der Waals surface area contributed by atoms with Crippen molar-refractivity contribution in [3.05, 3.63) is 47.5 Å². The fourth-order valence-corrected chi connectivity index (χ4v) is 2.80. The number of rotatable bonds is 6. The summed E-state index contributed by atoms with van der Waals surface area (Å²) in [6, 6.07) is 10.6. The highest BCUT2D eigenvalue weighted by Crippen LogP contribution is 2.24. The molecule has 1 N–H and O–H groups in total. The van der Waals surface area contributed by atoms with E-state index in [1.807, 2.05) is 26.0 Å².